The van der Waals surface area contributed by atoms with E-state index in [0.717, 1.165) is 37.7 Å². The largest absolute Gasteiger partial charge is 0.360 e. The van der Waals surface area contributed by atoms with E-state index < -0.39 is 0 Å². The second kappa shape index (κ2) is 9.53. The minimum atomic E-state index is -0.0894. The molecule has 0 radical (unpaired) electrons. The molecular weight excluding hydrogens is 479 g/mol. The highest BCUT2D eigenvalue weighted by atomic mass is 32.2. The first-order valence-electron chi connectivity index (χ1n) is 9.97. The second-order valence-corrected chi connectivity index (χ2v) is 11.4. The third-order valence-corrected chi connectivity index (χ3v) is 8.70. The number of anilines is 1. The highest BCUT2D eigenvalue weighted by Gasteiger charge is 2.15. The van der Waals surface area contributed by atoms with Gasteiger partial charge in [-0.3, -0.25) is 4.79 Å². The Morgan fingerprint density at radius 2 is 1.97 bits per heavy atom. The summed E-state index contributed by atoms with van der Waals surface area (Å²) in [6.07, 6.45) is 0.932. The van der Waals surface area contributed by atoms with Gasteiger partial charge >= 0.3 is 0 Å². The summed E-state index contributed by atoms with van der Waals surface area (Å²) in [6, 6.07) is 14.5. The first-order chi connectivity index (χ1) is 15.7. The summed E-state index contributed by atoms with van der Waals surface area (Å²) < 4.78 is 0.843. The van der Waals surface area contributed by atoms with Crippen LogP contribution >= 0.6 is 45.8 Å². The van der Waals surface area contributed by atoms with Crippen LogP contribution in [-0.2, 0) is 12.2 Å². The van der Waals surface area contributed by atoms with Crippen LogP contribution in [-0.4, -0.2) is 26.7 Å². The minimum absolute atomic E-state index is 0.0894. The molecule has 5 rings (SSSR count). The van der Waals surface area contributed by atoms with Crippen molar-refractivity contribution in [2.75, 3.05) is 11.9 Å². The number of nitrogens with zero attached hydrogens (tertiary/aromatic N) is 3. The Hall–Kier alpha value is -2.53. The number of thioether (sulfide) groups is 1. The van der Waals surface area contributed by atoms with Crippen LogP contribution in [0.1, 0.15) is 16.3 Å². The lowest BCUT2D eigenvalue weighted by molar-refractivity contribution is 0.970. The molecule has 0 saturated heterocycles. The average molecular weight is 498 g/mol. The number of H-pyrrole nitrogens is 1. The maximum atomic E-state index is 12.8. The van der Waals surface area contributed by atoms with Crippen molar-refractivity contribution in [3.63, 3.8) is 0 Å². The van der Waals surface area contributed by atoms with Gasteiger partial charge in [-0.05, 0) is 31.0 Å². The number of hydrogen-bond acceptors (Lipinski definition) is 9. The number of aromatic nitrogens is 4. The van der Waals surface area contributed by atoms with E-state index in [-0.39, 0.29) is 5.56 Å². The zero-order valence-electron chi connectivity index (χ0n) is 17.1. The summed E-state index contributed by atoms with van der Waals surface area (Å²) >= 11 is 6.24. The molecule has 0 aliphatic heterocycles. The Morgan fingerprint density at radius 1 is 1.09 bits per heavy atom. The number of rotatable bonds is 8. The van der Waals surface area contributed by atoms with Crippen molar-refractivity contribution >= 4 is 61.1 Å². The van der Waals surface area contributed by atoms with E-state index in [9.17, 15) is 4.79 Å². The van der Waals surface area contributed by atoms with Gasteiger partial charge in [0.2, 0.25) is 5.13 Å². The van der Waals surface area contributed by atoms with Crippen molar-refractivity contribution in [1.29, 1.82) is 0 Å². The van der Waals surface area contributed by atoms with Crippen LogP contribution in [0.15, 0.2) is 57.0 Å². The minimum Gasteiger partial charge on any atom is -0.360 e. The Balaban J connectivity index is 1.22. The zero-order chi connectivity index (χ0) is 21.9. The van der Waals surface area contributed by atoms with Gasteiger partial charge in [-0.25, -0.2) is 4.98 Å². The first kappa shape index (κ1) is 21.3. The third-order valence-electron chi connectivity index (χ3n) is 4.77. The molecular formula is C22H19N5OS4. The molecule has 2 N–H and O–H groups in total. The summed E-state index contributed by atoms with van der Waals surface area (Å²) in [5.41, 5.74) is 2.16. The molecule has 0 fully saturated rings. The summed E-state index contributed by atoms with van der Waals surface area (Å²) in [6.45, 7) is 2.87. The Morgan fingerprint density at radius 3 is 2.78 bits per heavy atom. The van der Waals surface area contributed by atoms with Gasteiger partial charge in [-0.2, -0.15) is 0 Å². The maximum absolute atomic E-state index is 12.8. The molecule has 0 bridgehead atoms. The van der Waals surface area contributed by atoms with Crippen molar-refractivity contribution in [2.45, 2.75) is 23.4 Å². The SMILES string of the molecule is Cc1ccc(-c2csc3nc(CSc4nnc(NCCc5ccccc5)s4)[nH]c(=O)c23)s1. The number of fused-ring (bicyclic) bond motifs is 1. The predicted octanol–water partition coefficient (Wildman–Crippen LogP) is 5.82. The lowest BCUT2D eigenvalue weighted by atomic mass is 10.2. The number of aromatic amines is 1. The summed E-state index contributed by atoms with van der Waals surface area (Å²) in [5.74, 6) is 1.19. The van der Waals surface area contributed by atoms with Crippen molar-refractivity contribution in [3.05, 3.63) is 74.5 Å². The van der Waals surface area contributed by atoms with Gasteiger partial charge in [-0.15, -0.1) is 32.9 Å². The van der Waals surface area contributed by atoms with E-state index in [1.807, 2.05) is 23.6 Å². The highest BCUT2D eigenvalue weighted by Crippen LogP contribution is 2.35. The van der Waals surface area contributed by atoms with Crippen LogP contribution in [0.4, 0.5) is 5.13 Å². The monoisotopic (exact) mass is 497 g/mol. The topological polar surface area (TPSA) is 83.6 Å². The van der Waals surface area contributed by atoms with E-state index in [0.29, 0.717) is 17.0 Å². The summed E-state index contributed by atoms with van der Waals surface area (Å²) in [7, 11) is 0. The fourth-order valence-electron chi connectivity index (χ4n) is 3.25. The lowest BCUT2D eigenvalue weighted by Gasteiger charge is -2.01. The molecule has 1 aromatic carbocycles. The first-order valence-corrected chi connectivity index (χ1v) is 13.5. The van der Waals surface area contributed by atoms with Crippen LogP contribution in [0.3, 0.4) is 0 Å². The predicted molar refractivity (Wildman–Crippen MR) is 136 cm³/mol. The van der Waals surface area contributed by atoms with Crippen LogP contribution < -0.4 is 10.9 Å². The van der Waals surface area contributed by atoms with Crippen LogP contribution in [0.25, 0.3) is 20.7 Å². The molecule has 0 spiro atoms. The molecule has 0 unspecified atom stereocenters. The highest BCUT2D eigenvalue weighted by molar-refractivity contribution is 8.00. The van der Waals surface area contributed by atoms with Crippen molar-refractivity contribution < 1.29 is 0 Å². The summed E-state index contributed by atoms with van der Waals surface area (Å²) in [5, 5.41) is 15.3. The van der Waals surface area contributed by atoms with E-state index in [4.69, 9.17) is 0 Å². The Labute approximate surface area is 200 Å². The quantitative estimate of drug-likeness (QED) is 0.263. The maximum Gasteiger partial charge on any atom is 0.260 e. The van der Waals surface area contributed by atoms with Gasteiger partial charge in [-0.1, -0.05) is 53.4 Å². The second-order valence-electron chi connectivity index (χ2n) is 7.08. The number of aryl methyl sites for hydroxylation is 1. The molecule has 4 aromatic heterocycles. The van der Waals surface area contributed by atoms with E-state index in [1.165, 1.54) is 44.9 Å². The molecule has 6 nitrogen and oxygen atoms in total. The van der Waals surface area contributed by atoms with E-state index in [1.54, 1.807) is 11.3 Å². The normalized spacial score (nSPS) is 11.3. The molecule has 4 heterocycles. The van der Waals surface area contributed by atoms with Gasteiger partial charge in [0, 0.05) is 27.2 Å². The zero-order valence-corrected chi connectivity index (χ0v) is 20.4. The molecule has 162 valence electrons. The Bertz CT molecular complexity index is 1400. The number of nitrogens with one attached hydrogen (secondary N) is 2. The van der Waals surface area contributed by atoms with E-state index >= 15 is 0 Å². The van der Waals surface area contributed by atoms with Gasteiger partial charge in [0.05, 0.1) is 11.1 Å². The van der Waals surface area contributed by atoms with Crippen LogP contribution in [0.2, 0.25) is 0 Å². The Kier molecular flexibility index (Phi) is 6.35. The average Bonchev–Trinajstić information content (AvgIpc) is 3.53. The number of hydrogen-bond donors (Lipinski definition) is 2. The molecule has 0 aliphatic carbocycles. The lowest BCUT2D eigenvalue weighted by Crippen LogP contribution is -2.10. The van der Waals surface area contributed by atoms with Crippen LogP contribution in [0, 0.1) is 6.92 Å². The van der Waals surface area contributed by atoms with Gasteiger partial charge in [0.25, 0.3) is 5.56 Å². The van der Waals surface area contributed by atoms with Crippen molar-refractivity contribution in [2.24, 2.45) is 0 Å². The van der Waals surface area contributed by atoms with Crippen molar-refractivity contribution in [3.8, 4) is 10.4 Å². The molecule has 10 heteroatoms. The van der Waals surface area contributed by atoms with E-state index in [2.05, 4.69) is 56.7 Å². The molecule has 0 aliphatic rings. The summed E-state index contributed by atoms with van der Waals surface area (Å²) in [4.78, 5) is 23.5. The van der Waals surface area contributed by atoms with Crippen LogP contribution in [0.5, 0.6) is 0 Å². The molecule has 0 saturated carbocycles. The molecule has 0 atom stereocenters. The molecule has 5 aromatic rings. The number of benzene rings is 1. The fraction of sp³-hybridized carbons (Fsp3) is 0.182. The molecule has 0 amide bonds. The molecule has 32 heavy (non-hydrogen) atoms. The van der Waals surface area contributed by atoms with Gasteiger partial charge < -0.3 is 10.3 Å². The third kappa shape index (κ3) is 4.78. The van der Waals surface area contributed by atoms with Crippen molar-refractivity contribution in [1.82, 2.24) is 20.2 Å². The van der Waals surface area contributed by atoms with Gasteiger partial charge in [0.1, 0.15) is 10.7 Å². The smallest absolute Gasteiger partial charge is 0.260 e. The van der Waals surface area contributed by atoms with Gasteiger partial charge in [0.15, 0.2) is 4.34 Å². The number of thiophene rings is 2. The fourth-order valence-corrected chi connectivity index (χ4v) is 6.82. The standard InChI is InChI=1S/C22H19N5OS4/c1-13-7-8-16(31-13)15-11-29-20-18(15)19(28)24-17(25-20)12-30-22-27-26-21(32-22)23-10-9-14-5-3-2-4-6-14/h2-8,11H,9-10,12H2,1H3,(H,23,26)(H,24,25,28).